The summed E-state index contributed by atoms with van der Waals surface area (Å²) in [5.41, 5.74) is 0. The molecule has 0 bridgehead atoms. The minimum absolute atomic E-state index is 0.373. The minimum Gasteiger partial charge on any atom is -0.370 e. The van der Waals surface area contributed by atoms with Crippen LogP contribution in [-0.4, -0.2) is 12.4 Å². The summed E-state index contributed by atoms with van der Waals surface area (Å²) in [4.78, 5) is 4.29. The summed E-state index contributed by atoms with van der Waals surface area (Å²) < 4.78 is 0. The fraction of sp³-hybridized carbons (Fsp3) is 0.625. The number of allylic oxidation sites excluding steroid dienone is 1. The van der Waals surface area contributed by atoms with Crippen molar-refractivity contribution in [1.82, 2.24) is 5.32 Å². The largest absolute Gasteiger partial charge is 0.370 e. The van der Waals surface area contributed by atoms with Gasteiger partial charge in [-0.05, 0) is 24.6 Å². The maximum Gasteiger partial charge on any atom is 0.118 e. The Bertz CT molecular complexity index is 168. The lowest BCUT2D eigenvalue weighted by Gasteiger charge is -2.13. The van der Waals surface area contributed by atoms with Crippen LogP contribution in [0.3, 0.4) is 0 Å². The van der Waals surface area contributed by atoms with Gasteiger partial charge in [0.15, 0.2) is 0 Å². The lowest BCUT2D eigenvalue weighted by molar-refractivity contribution is 0.527. The van der Waals surface area contributed by atoms with Crippen molar-refractivity contribution in [2.75, 3.05) is 0 Å². The van der Waals surface area contributed by atoms with E-state index in [4.69, 9.17) is 0 Å². The van der Waals surface area contributed by atoms with E-state index in [-0.39, 0.29) is 0 Å². The Hall–Kier alpha value is -0.790. The van der Waals surface area contributed by atoms with Crippen LogP contribution in [0.1, 0.15) is 19.3 Å². The summed E-state index contributed by atoms with van der Waals surface area (Å²) >= 11 is 0. The molecule has 54 valence electrons. The number of nitrogens with one attached hydrogen (secondary N) is 1. The van der Waals surface area contributed by atoms with Gasteiger partial charge in [-0.15, -0.1) is 0 Å². The van der Waals surface area contributed by atoms with Crippen molar-refractivity contribution < 1.29 is 0 Å². The van der Waals surface area contributed by atoms with Gasteiger partial charge in [0.2, 0.25) is 0 Å². The quantitative estimate of drug-likeness (QED) is 0.608. The first kappa shape index (κ1) is 5.96. The van der Waals surface area contributed by atoms with E-state index in [0.717, 1.165) is 5.92 Å². The third-order valence-electron chi connectivity index (χ3n) is 1.99. The van der Waals surface area contributed by atoms with Crippen LogP contribution < -0.4 is 5.32 Å². The Balaban J connectivity index is 1.81. The molecule has 1 aliphatic carbocycles. The molecule has 0 aromatic heterocycles. The van der Waals surface area contributed by atoms with Crippen molar-refractivity contribution in [2.24, 2.45) is 10.9 Å². The molecule has 1 saturated carbocycles. The van der Waals surface area contributed by atoms with Crippen molar-refractivity contribution in [2.45, 2.75) is 25.4 Å². The highest BCUT2D eigenvalue weighted by Crippen LogP contribution is 2.33. The monoisotopic (exact) mass is 136 g/mol. The Morgan fingerprint density at radius 3 is 3.00 bits per heavy atom. The molecule has 2 aliphatic rings. The topological polar surface area (TPSA) is 24.4 Å². The van der Waals surface area contributed by atoms with Crippen molar-refractivity contribution in [1.29, 1.82) is 0 Å². The zero-order valence-electron chi connectivity index (χ0n) is 5.96. The predicted molar refractivity (Wildman–Crippen MR) is 41.9 cm³/mol. The van der Waals surface area contributed by atoms with E-state index in [1.165, 1.54) is 19.3 Å². The predicted octanol–water partition coefficient (Wildman–Crippen LogP) is 1.30. The first-order chi connectivity index (χ1) is 4.95. The second-order valence-corrected chi connectivity index (χ2v) is 3.02. The number of hydrogen-bond acceptors (Lipinski definition) is 2. The molecule has 1 heterocycles. The molecule has 0 saturated heterocycles. The van der Waals surface area contributed by atoms with E-state index < -0.39 is 0 Å². The van der Waals surface area contributed by atoms with E-state index in [2.05, 4.69) is 10.3 Å². The van der Waals surface area contributed by atoms with Crippen molar-refractivity contribution in [3.8, 4) is 0 Å². The van der Waals surface area contributed by atoms with Gasteiger partial charge in [-0.3, -0.25) is 4.99 Å². The van der Waals surface area contributed by atoms with Crippen molar-refractivity contribution in [3.63, 3.8) is 0 Å². The molecule has 2 heteroatoms. The Labute approximate surface area is 61.0 Å². The van der Waals surface area contributed by atoms with E-state index in [9.17, 15) is 0 Å². The molecule has 2 rings (SSSR count). The SMILES string of the molecule is C1=CNC(CC2CC2)N=C1. The zero-order chi connectivity index (χ0) is 6.81. The number of rotatable bonds is 2. The lowest BCUT2D eigenvalue weighted by atomic mass is 10.2. The molecule has 0 spiro atoms. The molecule has 10 heavy (non-hydrogen) atoms. The molecule has 2 nitrogen and oxygen atoms in total. The maximum absolute atomic E-state index is 4.29. The van der Waals surface area contributed by atoms with Crippen LogP contribution in [0.2, 0.25) is 0 Å². The fourth-order valence-corrected chi connectivity index (χ4v) is 1.20. The fourth-order valence-electron chi connectivity index (χ4n) is 1.20. The van der Waals surface area contributed by atoms with Crippen LogP contribution in [0.5, 0.6) is 0 Å². The van der Waals surface area contributed by atoms with Gasteiger partial charge in [-0.2, -0.15) is 0 Å². The molecule has 1 N–H and O–H groups in total. The van der Waals surface area contributed by atoms with E-state index in [0.29, 0.717) is 6.17 Å². The molecule has 1 atom stereocenters. The van der Waals surface area contributed by atoms with Crippen molar-refractivity contribution in [3.05, 3.63) is 12.3 Å². The molecule has 1 unspecified atom stereocenters. The van der Waals surface area contributed by atoms with Gasteiger partial charge < -0.3 is 5.32 Å². The standard InChI is InChI=1S/C8H12N2/c1-4-9-8(10-5-1)6-7-2-3-7/h1,4-5,7-9H,2-3,6H2. The maximum atomic E-state index is 4.29. The average molecular weight is 136 g/mol. The highest BCUT2D eigenvalue weighted by Gasteiger charge is 2.24. The molecule has 0 amide bonds. The number of aliphatic imine (C=N–C) groups is 1. The van der Waals surface area contributed by atoms with E-state index >= 15 is 0 Å². The van der Waals surface area contributed by atoms with Gasteiger partial charge >= 0.3 is 0 Å². The van der Waals surface area contributed by atoms with Gasteiger partial charge in [0.05, 0.1) is 0 Å². The molecule has 1 aliphatic heterocycles. The summed E-state index contributed by atoms with van der Waals surface area (Å²) in [5.74, 6) is 0.959. The summed E-state index contributed by atoms with van der Waals surface area (Å²) in [6.45, 7) is 0. The molecule has 0 aromatic rings. The summed E-state index contributed by atoms with van der Waals surface area (Å²) in [7, 11) is 0. The first-order valence-electron chi connectivity index (χ1n) is 3.89. The molecule has 1 fully saturated rings. The highest BCUT2D eigenvalue weighted by molar-refractivity contribution is 5.71. The summed E-state index contributed by atoms with van der Waals surface area (Å²) in [6.07, 6.45) is 10.2. The van der Waals surface area contributed by atoms with Crippen LogP contribution >= 0.6 is 0 Å². The number of nitrogens with zero attached hydrogens (tertiary/aromatic N) is 1. The molecular weight excluding hydrogens is 124 g/mol. The molecule has 0 radical (unpaired) electrons. The Morgan fingerprint density at radius 1 is 1.50 bits per heavy atom. The Kier molecular flexibility index (Phi) is 1.46. The van der Waals surface area contributed by atoms with Crippen LogP contribution in [0.4, 0.5) is 0 Å². The smallest absolute Gasteiger partial charge is 0.118 e. The Morgan fingerprint density at radius 2 is 2.40 bits per heavy atom. The first-order valence-corrected chi connectivity index (χ1v) is 3.89. The van der Waals surface area contributed by atoms with Gasteiger partial charge in [0, 0.05) is 6.21 Å². The highest BCUT2D eigenvalue weighted by atomic mass is 15.1. The van der Waals surface area contributed by atoms with Crippen LogP contribution in [0.25, 0.3) is 0 Å². The summed E-state index contributed by atoms with van der Waals surface area (Å²) in [5, 5.41) is 3.21. The minimum atomic E-state index is 0.373. The van der Waals surface area contributed by atoms with Crippen LogP contribution in [0, 0.1) is 5.92 Å². The normalized spacial score (nSPS) is 30.2. The zero-order valence-corrected chi connectivity index (χ0v) is 5.96. The lowest BCUT2D eigenvalue weighted by Crippen LogP contribution is -2.24. The van der Waals surface area contributed by atoms with Gasteiger partial charge in [-0.25, -0.2) is 0 Å². The van der Waals surface area contributed by atoms with Gasteiger partial charge in [0.1, 0.15) is 6.17 Å². The third-order valence-corrected chi connectivity index (χ3v) is 1.99. The molecular formula is C8H12N2. The third kappa shape index (κ3) is 1.38. The second kappa shape index (κ2) is 2.45. The van der Waals surface area contributed by atoms with Crippen molar-refractivity contribution >= 4 is 6.21 Å². The number of hydrogen-bond donors (Lipinski definition) is 1. The van der Waals surface area contributed by atoms with E-state index in [1.807, 2.05) is 18.5 Å². The second-order valence-electron chi connectivity index (χ2n) is 3.02. The average Bonchev–Trinajstić information content (AvgIpc) is 2.74. The summed E-state index contributed by atoms with van der Waals surface area (Å²) in [6, 6.07) is 0. The van der Waals surface area contributed by atoms with Crippen LogP contribution in [0.15, 0.2) is 17.3 Å². The molecule has 0 aromatic carbocycles. The van der Waals surface area contributed by atoms with Gasteiger partial charge in [-0.1, -0.05) is 12.8 Å². The van der Waals surface area contributed by atoms with Gasteiger partial charge in [0.25, 0.3) is 0 Å². The van der Waals surface area contributed by atoms with Crippen LogP contribution in [-0.2, 0) is 0 Å². The van der Waals surface area contributed by atoms with E-state index in [1.54, 1.807) is 0 Å².